The molecule has 0 atom stereocenters. The predicted molar refractivity (Wildman–Crippen MR) is 134 cm³/mol. The number of hydrazone groups is 1. The summed E-state index contributed by atoms with van der Waals surface area (Å²) in [6, 6.07) is 28.9. The number of aryl methyl sites for hydroxylation is 2. The monoisotopic (exact) mass is 436 g/mol. The first-order valence-electron chi connectivity index (χ1n) is 10.9. The molecule has 0 fully saturated rings. The Bertz CT molecular complexity index is 1270. The van der Waals surface area contributed by atoms with Crippen LogP contribution in [0.15, 0.2) is 90.0 Å². The molecule has 0 aliphatic heterocycles. The second-order valence-electron chi connectivity index (χ2n) is 8.03. The Balaban J connectivity index is 1.19. The highest BCUT2D eigenvalue weighted by Gasteiger charge is 2.15. The Morgan fingerprint density at radius 1 is 0.812 bits per heavy atom. The van der Waals surface area contributed by atoms with Crippen molar-refractivity contribution in [2.45, 2.75) is 24.3 Å². The maximum atomic E-state index is 12.5. The van der Waals surface area contributed by atoms with Gasteiger partial charge in [0.05, 0.1) is 6.21 Å². The Morgan fingerprint density at radius 3 is 2.31 bits per heavy atom. The maximum Gasteiger partial charge on any atom is 0.271 e. The summed E-state index contributed by atoms with van der Waals surface area (Å²) in [5, 5.41) is 6.78. The molecule has 4 aromatic rings. The number of hydrogen-bond acceptors (Lipinski definition) is 3. The van der Waals surface area contributed by atoms with Crippen molar-refractivity contribution in [2.75, 3.05) is 0 Å². The third-order valence-corrected chi connectivity index (χ3v) is 6.95. The summed E-state index contributed by atoms with van der Waals surface area (Å²) in [6.07, 6.45) is 3.95. The van der Waals surface area contributed by atoms with E-state index in [1.807, 2.05) is 42.1 Å². The number of rotatable bonds is 7. The van der Waals surface area contributed by atoms with Crippen LogP contribution in [0.4, 0.5) is 0 Å². The molecule has 3 nitrogen and oxygen atoms in total. The molecule has 0 unspecified atom stereocenters. The second-order valence-corrected chi connectivity index (χ2v) is 9.01. The average Bonchev–Trinajstić information content (AvgIpc) is 3.26. The molecule has 1 aliphatic rings. The van der Waals surface area contributed by atoms with Gasteiger partial charge in [-0.05, 0) is 58.0 Å². The number of thioether (sulfide) groups is 1. The molecular formula is C28H24N2OS. The molecule has 0 saturated heterocycles. The van der Waals surface area contributed by atoms with E-state index in [2.05, 4.69) is 65.1 Å². The standard InChI is InChI=1S/C28H24N2OS/c31-28(24-11-9-21(10-12-24)19-32-18-20-5-2-1-3-6-20)30-29-17-25-16-15-23-14-13-22-7-4-8-26(25)27(22)23/h1-12,15-17H,13-14,18-19H2,(H,30,31)/b29-17-. The van der Waals surface area contributed by atoms with Crippen LogP contribution in [-0.2, 0) is 24.3 Å². The molecule has 0 heterocycles. The number of amides is 1. The quantitative estimate of drug-likeness (QED) is 0.279. The van der Waals surface area contributed by atoms with E-state index >= 15 is 0 Å². The molecule has 4 aromatic carbocycles. The lowest BCUT2D eigenvalue weighted by atomic mass is 10.0. The zero-order chi connectivity index (χ0) is 21.8. The average molecular weight is 437 g/mol. The van der Waals surface area contributed by atoms with Gasteiger partial charge < -0.3 is 0 Å². The lowest BCUT2D eigenvalue weighted by Gasteiger charge is -2.06. The van der Waals surface area contributed by atoms with Crippen molar-refractivity contribution in [1.29, 1.82) is 0 Å². The summed E-state index contributed by atoms with van der Waals surface area (Å²) < 4.78 is 0. The molecule has 32 heavy (non-hydrogen) atoms. The van der Waals surface area contributed by atoms with Crippen LogP contribution in [0.3, 0.4) is 0 Å². The summed E-state index contributed by atoms with van der Waals surface area (Å²) in [4.78, 5) is 12.5. The van der Waals surface area contributed by atoms with Gasteiger partial charge in [-0.25, -0.2) is 5.43 Å². The van der Waals surface area contributed by atoms with Crippen molar-refractivity contribution < 1.29 is 4.79 Å². The number of carbonyl (C=O) groups is 1. The molecule has 4 heteroatoms. The molecule has 1 N–H and O–H groups in total. The Hall–Kier alpha value is -3.37. The highest BCUT2D eigenvalue weighted by molar-refractivity contribution is 7.97. The van der Waals surface area contributed by atoms with Gasteiger partial charge in [-0.3, -0.25) is 4.79 Å². The van der Waals surface area contributed by atoms with Crippen LogP contribution in [0, 0.1) is 0 Å². The van der Waals surface area contributed by atoms with Crippen LogP contribution in [-0.4, -0.2) is 12.1 Å². The van der Waals surface area contributed by atoms with E-state index in [0.717, 1.165) is 29.9 Å². The van der Waals surface area contributed by atoms with Gasteiger partial charge in [0.15, 0.2) is 0 Å². The van der Waals surface area contributed by atoms with Crippen molar-refractivity contribution in [3.8, 4) is 0 Å². The van der Waals surface area contributed by atoms with Crippen LogP contribution in [0.2, 0.25) is 0 Å². The molecule has 1 aliphatic carbocycles. The molecule has 0 saturated carbocycles. The normalized spacial score (nSPS) is 12.5. The first-order chi connectivity index (χ1) is 15.8. The number of benzene rings is 4. The predicted octanol–water partition coefficient (Wildman–Crippen LogP) is 6.14. The van der Waals surface area contributed by atoms with Crippen LogP contribution in [0.25, 0.3) is 10.8 Å². The number of hydrogen-bond donors (Lipinski definition) is 1. The molecular weight excluding hydrogens is 412 g/mol. The topological polar surface area (TPSA) is 41.5 Å². The number of nitrogens with zero attached hydrogens (tertiary/aromatic N) is 1. The summed E-state index contributed by atoms with van der Waals surface area (Å²) >= 11 is 1.87. The molecule has 0 bridgehead atoms. The fraction of sp³-hybridized carbons (Fsp3) is 0.143. The van der Waals surface area contributed by atoms with E-state index in [-0.39, 0.29) is 5.91 Å². The molecule has 0 aromatic heterocycles. The van der Waals surface area contributed by atoms with Gasteiger partial charge >= 0.3 is 0 Å². The minimum atomic E-state index is -0.198. The van der Waals surface area contributed by atoms with E-state index in [9.17, 15) is 4.79 Å². The molecule has 1 amide bonds. The van der Waals surface area contributed by atoms with Crippen molar-refractivity contribution in [3.63, 3.8) is 0 Å². The van der Waals surface area contributed by atoms with Gasteiger partial charge in [-0.2, -0.15) is 16.9 Å². The van der Waals surface area contributed by atoms with E-state index in [1.54, 1.807) is 6.21 Å². The second kappa shape index (κ2) is 9.41. The first kappa shape index (κ1) is 20.5. The van der Waals surface area contributed by atoms with E-state index < -0.39 is 0 Å². The Labute approximate surface area is 192 Å². The van der Waals surface area contributed by atoms with Crippen LogP contribution >= 0.6 is 11.8 Å². The molecule has 0 radical (unpaired) electrons. The van der Waals surface area contributed by atoms with E-state index in [0.29, 0.717) is 5.56 Å². The molecule has 5 rings (SSSR count). The largest absolute Gasteiger partial charge is 0.271 e. The number of carbonyl (C=O) groups excluding carboxylic acids is 1. The van der Waals surface area contributed by atoms with E-state index in [4.69, 9.17) is 0 Å². The molecule has 0 spiro atoms. The van der Waals surface area contributed by atoms with Crippen LogP contribution in [0.5, 0.6) is 0 Å². The lowest BCUT2D eigenvalue weighted by molar-refractivity contribution is 0.0955. The lowest BCUT2D eigenvalue weighted by Crippen LogP contribution is -2.17. The molecule has 158 valence electrons. The zero-order valence-electron chi connectivity index (χ0n) is 17.8. The van der Waals surface area contributed by atoms with Crippen molar-refractivity contribution in [2.24, 2.45) is 5.10 Å². The van der Waals surface area contributed by atoms with Crippen molar-refractivity contribution >= 4 is 34.7 Å². The van der Waals surface area contributed by atoms with Gasteiger partial charge in [0, 0.05) is 22.6 Å². The minimum Gasteiger partial charge on any atom is -0.267 e. The third kappa shape index (κ3) is 4.46. The van der Waals surface area contributed by atoms with Crippen molar-refractivity contribution in [3.05, 3.63) is 118 Å². The summed E-state index contributed by atoms with van der Waals surface area (Å²) in [6.45, 7) is 0. The fourth-order valence-corrected chi connectivity index (χ4v) is 5.18. The van der Waals surface area contributed by atoms with Gasteiger partial charge in [-0.15, -0.1) is 0 Å². The summed E-state index contributed by atoms with van der Waals surface area (Å²) in [5.41, 5.74) is 9.64. The maximum absolute atomic E-state index is 12.5. The minimum absolute atomic E-state index is 0.198. The summed E-state index contributed by atoms with van der Waals surface area (Å²) in [7, 11) is 0. The Kier molecular flexibility index (Phi) is 6.04. The van der Waals surface area contributed by atoms with Crippen molar-refractivity contribution in [1.82, 2.24) is 5.43 Å². The first-order valence-corrected chi connectivity index (χ1v) is 12.0. The van der Waals surface area contributed by atoms with Gasteiger partial charge in [-0.1, -0.05) is 72.8 Å². The highest BCUT2D eigenvalue weighted by atomic mass is 32.2. The highest BCUT2D eigenvalue weighted by Crippen LogP contribution is 2.32. The smallest absolute Gasteiger partial charge is 0.267 e. The number of nitrogens with one attached hydrogen (secondary N) is 1. The van der Waals surface area contributed by atoms with E-state index in [1.165, 1.54) is 33.0 Å². The zero-order valence-corrected chi connectivity index (χ0v) is 18.6. The van der Waals surface area contributed by atoms with Gasteiger partial charge in [0.1, 0.15) is 0 Å². The fourth-order valence-electron chi connectivity index (χ4n) is 4.22. The SMILES string of the molecule is O=C(N/N=C\c1ccc2c3c(cccc13)CC2)c1ccc(CSCc2ccccc2)cc1. The van der Waals surface area contributed by atoms with Crippen LogP contribution < -0.4 is 5.43 Å². The Morgan fingerprint density at radius 2 is 1.53 bits per heavy atom. The van der Waals surface area contributed by atoms with Crippen LogP contribution in [0.1, 0.15) is 38.2 Å². The third-order valence-electron chi connectivity index (χ3n) is 5.88. The van der Waals surface area contributed by atoms with Gasteiger partial charge in [0.25, 0.3) is 5.91 Å². The van der Waals surface area contributed by atoms with Gasteiger partial charge in [0.2, 0.25) is 0 Å². The summed E-state index contributed by atoms with van der Waals surface area (Å²) in [5.74, 6) is 1.70.